The Morgan fingerprint density at radius 1 is 1.00 bits per heavy atom. The third-order valence-electron chi connectivity index (χ3n) is 4.03. The van der Waals surface area contributed by atoms with Gasteiger partial charge in [0, 0.05) is 43.4 Å². The van der Waals surface area contributed by atoms with Crippen LogP contribution in [0, 0.1) is 0 Å². The van der Waals surface area contributed by atoms with Crippen molar-refractivity contribution in [2.75, 3.05) is 25.5 Å². The lowest BCUT2D eigenvalue weighted by molar-refractivity contribution is -0.00000455. The largest absolute Gasteiger partial charge is 1.00 e. The maximum absolute atomic E-state index is 3.53. The van der Waals surface area contributed by atoms with Crippen LogP contribution in [0.5, 0.6) is 0 Å². The minimum atomic E-state index is 0. The molecule has 23 heavy (non-hydrogen) atoms. The van der Waals surface area contributed by atoms with Gasteiger partial charge in [0.2, 0.25) is 0 Å². The first-order valence-corrected chi connectivity index (χ1v) is 7.76. The van der Waals surface area contributed by atoms with Crippen LogP contribution in [0.4, 0.5) is 5.69 Å². The average Bonchev–Trinajstić information content (AvgIpc) is 2.95. The molecule has 1 aromatic heterocycles. The standard InChI is InChI=1S/C19H23N3.ClH/c1-22(2)17-9-7-15(8-10-17)13-20-12-11-16-14-21-19-6-4-3-5-18(16)19;/h3-10,14,20-21H,11-13H2,1-2H3;1H/p-1. The Balaban J connectivity index is 0.00000192. The van der Waals surface area contributed by atoms with Gasteiger partial charge in [0.05, 0.1) is 0 Å². The van der Waals surface area contributed by atoms with E-state index < -0.39 is 0 Å². The minimum Gasteiger partial charge on any atom is -1.00 e. The first-order chi connectivity index (χ1) is 10.7. The Kier molecular flexibility index (Phi) is 6.08. The highest BCUT2D eigenvalue weighted by atomic mass is 35.5. The fourth-order valence-electron chi connectivity index (χ4n) is 2.71. The van der Waals surface area contributed by atoms with E-state index in [4.69, 9.17) is 0 Å². The lowest BCUT2D eigenvalue weighted by Gasteiger charge is -2.12. The van der Waals surface area contributed by atoms with Gasteiger partial charge in [-0.2, -0.15) is 0 Å². The van der Waals surface area contributed by atoms with Crippen molar-refractivity contribution in [2.45, 2.75) is 13.0 Å². The zero-order valence-electron chi connectivity index (χ0n) is 13.6. The van der Waals surface area contributed by atoms with Gasteiger partial charge in [-0.05, 0) is 42.3 Å². The molecular weight excluding hydrogens is 306 g/mol. The van der Waals surface area contributed by atoms with Gasteiger partial charge in [0.1, 0.15) is 0 Å². The number of H-pyrrole nitrogens is 1. The number of halogens is 1. The summed E-state index contributed by atoms with van der Waals surface area (Å²) < 4.78 is 0. The summed E-state index contributed by atoms with van der Waals surface area (Å²) in [6.45, 7) is 1.90. The number of nitrogens with zero attached hydrogens (tertiary/aromatic N) is 1. The summed E-state index contributed by atoms with van der Waals surface area (Å²) in [5.74, 6) is 0. The second-order valence-corrected chi connectivity index (χ2v) is 5.85. The Morgan fingerprint density at radius 2 is 1.74 bits per heavy atom. The molecule has 2 N–H and O–H groups in total. The molecule has 3 aromatic rings. The molecule has 0 spiro atoms. The molecule has 0 radical (unpaired) electrons. The van der Waals surface area contributed by atoms with Crippen molar-refractivity contribution in [1.82, 2.24) is 10.3 Å². The Bertz CT molecular complexity index is 732. The summed E-state index contributed by atoms with van der Waals surface area (Å²) in [5, 5.41) is 4.86. The smallest absolute Gasteiger partial charge is 0.0456 e. The van der Waals surface area contributed by atoms with E-state index in [0.717, 1.165) is 19.5 Å². The minimum absolute atomic E-state index is 0. The van der Waals surface area contributed by atoms with Gasteiger partial charge in [-0.25, -0.2) is 0 Å². The number of aromatic nitrogens is 1. The number of para-hydroxylation sites is 1. The van der Waals surface area contributed by atoms with Crippen molar-refractivity contribution in [3.05, 3.63) is 65.9 Å². The van der Waals surface area contributed by atoms with Crippen LogP contribution in [0.2, 0.25) is 0 Å². The van der Waals surface area contributed by atoms with Crippen LogP contribution in [0.3, 0.4) is 0 Å². The topological polar surface area (TPSA) is 31.1 Å². The highest BCUT2D eigenvalue weighted by Gasteiger charge is 2.02. The van der Waals surface area contributed by atoms with Gasteiger partial charge < -0.3 is 27.6 Å². The number of benzene rings is 2. The maximum atomic E-state index is 3.53. The molecule has 0 amide bonds. The van der Waals surface area contributed by atoms with Gasteiger partial charge in [0.15, 0.2) is 0 Å². The lowest BCUT2D eigenvalue weighted by Crippen LogP contribution is -3.00. The average molecular weight is 329 g/mol. The molecule has 0 aliphatic heterocycles. The predicted octanol–water partition coefficient (Wildman–Crippen LogP) is 0.570. The summed E-state index contributed by atoms with van der Waals surface area (Å²) in [6.07, 6.45) is 3.16. The zero-order chi connectivity index (χ0) is 15.4. The van der Waals surface area contributed by atoms with Crippen molar-refractivity contribution in [2.24, 2.45) is 0 Å². The first kappa shape index (κ1) is 17.4. The molecule has 4 heteroatoms. The van der Waals surface area contributed by atoms with E-state index in [9.17, 15) is 0 Å². The van der Waals surface area contributed by atoms with Crippen molar-refractivity contribution >= 4 is 16.6 Å². The fraction of sp³-hybridized carbons (Fsp3) is 0.263. The quantitative estimate of drug-likeness (QED) is 0.648. The molecule has 1 heterocycles. The van der Waals surface area contributed by atoms with Crippen molar-refractivity contribution < 1.29 is 12.4 Å². The predicted molar refractivity (Wildman–Crippen MR) is 94.5 cm³/mol. The highest BCUT2D eigenvalue weighted by Crippen LogP contribution is 2.17. The SMILES string of the molecule is CN(C)c1ccc(CNCCc2c[nH]c3ccccc23)cc1.[Cl-]. The number of rotatable bonds is 6. The molecule has 0 saturated heterocycles. The van der Waals surface area contributed by atoms with Crippen LogP contribution in [0.1, 0.15) is 11.1 Å². The number of hydrogen-bond acceptors (Lipinski definition) is 2. The molecule has 0 atom stereocenters. The van der Waals surface area contributed by atoms with Gasteiger partial charge in [-0.1, -0.05) is 30.3 Å². The molecule has 0 fully saturated rings. The van der Waals surface area contributed by atoms with Crippen LogP contribution in [-0.2, 0) is 13.0 Å². The molecule has 0 aliphatic carbocycles. The van der Waals surface area contributed by atoms with E-state index in [0.29, 0.717) is 0 Å². The van der Waals surface area contributed by atoms with E-state index in [-0.39, 0.29) is 12.4 Å². The maximum Gasteiger partial charge on any atom is 0.0456 e. The molecule has 0 bridgehead atoms. The Labute approximate surface area is 144 Å². The fourth-order valence-corrected chi connectivity index (χ4v) is 2.71. The van der Waals surface area contributed by atoms with Gasteiger partial charge in [-0.3, -0.25) is 0 Å². The summed E-state index contributed by atoms with van der Waals surface area (Å²) in [6, 6.07) is 17.2. The number of nitrogens with one attached hydrogen (secondary N) is 2. The highest BCUT2D eigenvalue weighted by molar-refractivity contribution is 5.83. The first-order valence-electron chi connectivity index (χ1n) is 7.76. The molecule has 122 valence electrons. The summed E-state index contributed by atoms with van der Waals surface area (Å²) >= 11 is 0. The molecule has 3 nitrogen and oxygen atoms in total. The van der Waals surface area contributed by atoms with E-state index in [2.05, 4.69) is 84.0 Å². The zero-order valence-corrected chi connectivity index (χ0v) is 14.4. The molecule has 0 aliphatic rings. The monoisotopic (exact) mass is 328 g/mol. The second-order valence-electron chi connectivity index (χ2n) is 5.85. The normalized spacial score (nSPS) is 10.5. The molecule has 0 saturated carbocycles. The van der Waals surface area contributed by atoms with E-state index in [1.54, 1.807) is 0 Å². The van der Waals surface area contributed by atoms with Crippen molar-refractivity contribution in [3.63, 3.8) is 0 Å². The van der Waals surface area contributed by atoms with E-state index in [1.807, 2.05) is 0 Å². The second kappa shape index (κ2) is 8.04. The van der Waals surface area contributed by atoms with Crippen LogP contribution in [-0.4, -0.2) is 25.6 Å². The van der Waals surface area contributed by atoms with E-state index >= 15 is 0 Å². The van der Waals surface area contributed by atoms with Gasteiger partial charge in [-0.15, -0.1) is 0 Å². The van der Waals surface area contributed by atoms with Crippen LogP contribution in [0.15, 0.2) is 54.7 Å². The third-order valence-corrected chi connectivity index (χ3v) is 4.03. The van der Waals surface area contributed by atoms with Gasteiger partial charge >= 0.3 is 0 Å². The molecule has 0 unspecified atom stereocenters. The lowest BCUT2D eigenvalue weighted by atomic mass is 10.1. The summed E-state index contributed by atoms with van der Waals surface area (Å²) in [4.78, 5) is 5.45. The number of hydrogen-bond donors (Lipinski definition) is 2. The van der Waals surface area contributed by atoms with Crippen LogP contribution >= 0.6 is 0 Å². The summed E-state index contributed by atoms with van der Waals surface area (Å²) in [7, 11) is 4.13. The van der Waals surface area contributed by atoms with Crippen LogP contribution < -0.4 is 22.6 Å². The van der Waals surface area contributed by atoms with Gasteiger partial charge in [0.25, 0.3) is 0 Å². The van der Waals surface area contributed by atoms with Crippen molar-refractivity contribution in [1.29, 1.82) is 0 Å². The third kappa shape index (κ3) is 4.27. The number of fused-ring (bicyclic) bond motifs is 1. The summed E-state index contributed by atoms with van der Waals surface area (Å²) in [5.41, 5.74) is 5.16. The molecule has 2 aromatic carbocycles. The molecule has 3 rings (SSSR count). The molecular formula is C19H23ClN3-. The number of anilines is 1. The Morgan fingerprint density at radius 3 is 2.48 bits per heavy atom. The Hall–Kier alpha value is -1.97. The van der Waals surface area contributed by atoms with E-state index in [1.165, 1.54) is 27.7 Å². The number of aromatic amines is 1. The van der Waals surface area contributed by atoms with Crippen LogP contribution in [0.25, 0.3) is 10.9 Å². The van der Waals surface area contributed by atoms with Crippen molar-refractivity contribution in [3.8, 4) is 0 Å².